The van der Waals surface area contributed by atoms with E-state index in [2.05, 4.69) is 97.1 Å². The lowest BCUT2D eigenvalue weighted by Crippen LogP contribution is -2.53. The lowest BCUT2D eigenvalue weighted by molar-refractivity contribution is -0.00266. The Bertz CT molecular complexity index is 1490. The van der Waals surface area contributed by atoms with Crippen LogP contribution in [0.2, 0.25) is 20.1 Å². The summed E-state index contributed by atoms with van der Waals surface area (Å²) in [4.78, 5) is 0. The molecule has 0 N–H and O–H groups in total. The first kappa shape index (κ1) is 35.9. The van der Waals surface area contributed by atoms with Crippen molar-refractivity contribution in [2.45, 2.75) is 88.4 Å². The molecule has 50 heavy (non-hydrogen) atoms. The molecule has 4 aliphatic carbocycles. The number of halogens is 4. The fourth-order valence-corrected chi connectivity index (χ4v) is 17.9. The maximum absolute atomic E-state index is 6.55. The van der Waals surface area contributed by atoms with Gasteiger partial charge in [-0.3, -0.25) is 0 Å². The molecule has 0 amide bonds. The van der Waals surface area contributed by atoms with Crippen molar-refractivity contribution in [1.29, 1.82) is 0 Å². The maximum atomic E-state index is 6.55. The molecule has 4 saturated carbocycles. The summed E-state index contributed by atoms with van der Waals surface area (Å²) in [5, 5.41) is 9.18. The summed E-state index contributed by atoms with van der Waals surface area (Å²) in [6.45, 7) is 0. The lowest BCUT2D eigenvalue weighted by Gasteiger charge is -2.58. The summed E-state index contributed by atoms with van der Waals surface area (Å²) >= 11 is 26.2. The van der Waals surface area contributed by atoms with E-state index < -0.39 is 15.8 Å². The van der Waals surface area contributed by atoms with Crippen LogP contribution in [-0.4, -0.2) is 11.3 Å². The molecule has 8 rings (SSSR count). The van der Waals surface area contributed by atoms with Gasteiger partial charge in [-0.2, -0.15) is 0 Å². The zero-order chi connectivity index (χ0) is 34.2. The van der Waals surface area contributed by atoms with E-state index in [-0.39, 0.29) is 0 Å². The zero-order valence-electron chi connectivity index (χ0n) is 28.7. The van der Waals surface area contributed by atoms with Gasteiger partial charge in [-0.1, -0.05) is 133 Å². The first-order chi connectivity index (χ1) is 24.4. The third-order valence-corrected chi connectivity index (χ3v) is 20.0. The van der Waals surface area contributed by atoms with Crippen LogP contribution in [0, 0.1) is 35.5 Å². The molecule has 0 radical (unpaired) electrons. The Morgan fingerprint density at radius 1 is 0.340 bits per heavy atom. The van der Waals surface area contributed by atoms with Crippen LogP contribution in [0.15, 0.2) is 97.1 Å². The molecule has 8 unspecified atom stereocenters. The highest BCUT2D eigenvalue weighted by Gasteiger charge is 2.54. The van der Waals surface area contributed by atoms with Gasteiger partial charge in [0.15, 0.2) is 0 Å². The van der Waals surface area contributed by atoms with E-state index in [1.165, 1.54) is 98.3 Å². The zero-order valence-corrected chi connectivity index (χ0v) is 33.6. The predicted molar refractivity (Wildman–Crippen MR) is 222 cm³/mol. The van der Waals surface area contributed by atoms with Crippen LogP contribution in [0.1, 0.15) is 77.0 Å². The molecule has 0 aromatic heterocycles. The van der Waals surface area contributed by atoms with Gasteiger partial charge in [-0.25, -0.2) is 0 Å². The molecule has 262 valence electrons. The molecular formula is C44H48Cl4P2. The topological polar surface area (TPSA) is 0 Å². The smallest absolute Gasteiger partial charge is 0.0406 e. The molecule has 4 fully saturated rings. The summed E-state index contributed by atoms with van der Waals surface area (Å²) in [5.41, 5.74) is 1.26. The van der Waals surface area contributed by atoms with Crippen LogP contribution in [0.25, 0.3) is 0 Å². The minimum Gasteiger partial charge on any atom is -0.0843 e. The van der Waals surface area contributed by atoms with Crippen LogP contribution >= 0.6 is 62.2 Å². The van der Waals surface area contributed by atoms with Gasteiger partial charge in [-0.05, 0) is 171 Å². The molecule has 4 aromatic carbocycles. The van der Waals surface area contributed by atoms with Gasteiger partial charge in [-0.15, -0.1) is 0 Å². The Morgan fingerprint density at radius 3 is 0.920 bits per heavy atom. The van der Waals surface area contributed by atoms with Crippen molar-refractivity contribution in [2.75, 3.05) is 0 Å². The highest BCUT2D eigenvalue weighted by atomic mass is 35.5. The van der Waals surface area contributed by atoms with Crippen molar-refractivity contribution in [3.63, 3.8) is 0 Å². The second kappa shape index (κ2) is 16.1. The normalized spacial score (nSPS) is 29.8. The fourth-order valence-electron chi connectivity index (χ4n) is 11.1. The molecule has 6 heteroatoms. The molecule has 0 bridgehead atoms. The van der Waals surface area contributed by atoms with Gasteiger partial charge in [0.05, 0.1) is 0 Å². The lowest BCUT2D eigenvalue weighted by atomic mass is 9.54. The van der Waals surface area contributed by atoms with Crippen molar-refractivity contribution in [3.8, 4) is 0 Å². The highest BCUT2D eigenvalue weighted by Crippen LogP contribution is 2.65. The third kappa shape index (κ3) is 7.48. The molecule has 0 heterocycles. The minimum absolute atomic E-state index is 0.615. The van der Waals surface area contributed by atoms with Gasteiger partial charge in [0.1, 0.15) is 0 Å². The number of fused-ring (bicyclic) bond motifs is 2. The van der Waals surface area contributed by atoms with E-state index >= 15 is 0 Å². The van der Waals surface area contributed by atoms with Gasteiger partial charge in [0.2, 0.25) is 0 Å². The maximum Gasteiger partial charge on any atom is 0.0406 e. The molecule has 4 aliphatic rings. The third-order valence-electron chi connectivity index (χ3n) is 13.0. The number of rotatable bonds is 7. The van der Waals surface area contributed by atoms with Crippen LogP contribution in [0.5, 0.6) is 0 Å². The molecular weight excluding hydrogens is 732 g/mol. The average molecular weight is 781 g/mol. The van der Waals surface area contributed by atoms with Crippen LogP contribution in [-0.2, 0) is 0 Å². The summed E-state index contributed by atoms with van der Waals surface area (Å²) in [6.07, 6.45) is 16.6. The van der Waals surface area contributed by atoms with E-state index in [0.717, 1.165) is 43.8 Å². The summed E-state index contributed by atoms with van der Waals surface area (Å²) < 4.78 is 0. The van der Waals surface area contributed by atoms with E-state index in [1.807, 2.05) is 0 Å². The molecule has 4 aromatic rings. The van der Waals surface area contributed by atoms with E-state index in [9.17, 15) is 0 Å². The van der Waals surface area contributed by atoms with Crippen molar-refractivity contribution in [3.05, 3.63) is 117 Å². The number of hydrogen-bond donors (Lipinski definition) is 0. The highest BCUT2D eigenvalue weighted by molar-refractivity contribution is 7.74. The molecule has 0 nitrogen and oxygen atoms in total. The second-order valence-corrected chi connectivity index (χ2v) is 22.1. The Balaban J connectivity index is 1.31. The van der Waals surface area contributed by atoms with E-state index in [0.29, 0.717) is 23.2 Å². The summed E-state index contributed by atoms with van der Waals surface area (Å²) in [7, 11) is -1.23. The predicted octanol–water partition coefficient (Wildman–Crippen LogP) is 13.0. The molecule has 8 atom stereocenters. The Kier molecular flexibility index (Phi) is 11.6. The number of hydrogen-bond acceptors (Lipinski definition) is 0. The van der Waals surface area contributed by atoms with Crippen LogP contribution in [0.3, 0.4) is 0 Å². The van der Waals surface area contributed by atoms with Crippen LogP contribution in [0.4, 0.5) is 0 Å². The van der Waals surface area contributed by atoms with Gasteiger partial charge in [0, 0.05) is 20.1 Å². The minimum atomic E-state index is -0.615. The molecule has 0 saturated heterocycles. The fraction of sp³-hybridized carbons (Fsp3) is 0.455. The van der Waals surface area contributed by atoms with Crippen LogP contribution < -0.4 is 21.2 Å². The van der Waals surface area contributed by atoms with Crippen molar-refractivity contribution in [2.24, 2.45) is 35.5 Å². The monoisotopic (exact) mass is 778 g/mol. The number of benzene rings is 4. The quantitative estimate of drug-likeness (QED) is 0.164. The Hall–Kier alpha value is -1.10. The Morgan fingerprint density at radius 2 is 0.620 bits per heavy atom. The Labute approximate surface area is 322 Å². The molecule has 0 aliphatic heterocycles. The van der Waals surface area contributed by atoms with Crippen molar-refractivity contribution >= 4 is 83.5 Å². The van der Waals surface area contributed by atoms with Gasteiger partial charge >= 0.3 is 0 Å². The largest absolute Gasteiger partial charge is 0.0843 e. The second-order valence-electron chi connectivity index (χ2n) is 15.5. The van der Waals surface area contributed by atoms with Gasteiger partial charge < -0.3 is 0 Å². The first-order valence-corrected chi connectivity index (χ1v) is 23.4. The standard InChI is InChI=1S/C44H48Cl4P2/c45-31-11-19-35(20-12-31)49(36-21-13-32(46)14-22-36)41-27-9-29-5-1-3-7-39(29)43(41)44-40-8-4-2-6-30(40)10-28-42(44)50(37-23-15-33(47)16-24-37)38-25-17-34(48)18-26-38/h11-26,29-30,39-44H,1-10,27-28H2. The average Bonchev–Trinajstić information content (AvgIpc) is 3.15. The van der Waals surface area contributed by atoms with Gasteiger partial charge in [0.25, 0.3) is 0 Å². The summed E-state index contributed by atoms with van der Waals surface area (Å²) in [5.74, 6) is 4.72. The summed E-state index contributed by atoms with van der Waals surface area (Å²) in [6, 6.07) is 35.8. The van der Waals surface area contributed by atoms with Crippen molar-refractivity contribution < 1.29 is 0 Å². The van der Waals surface area contributed by atoms with Crippen molar-refractivity contribution in [1.82, 2.24) is 0 Å². The first-order valence-electron chi connectivity index (χ1n) is 19.1. The van der Waals surface area contributed by atoms with E-state index in [4.69, 9.17) is 46.4 Å². The molecule has 0 spiro atoms. The van der Waals surface area contributed by atoms with E-state index in [1.54, 1.807) is 0 Å². The SMILES string of the molecule is Clc1ccc(P(c2ccc(Cl)cc2)C2CCC3CCCCC3C2C2C3CCCCC3CCC2P(c2ccc(Cl)cc2)c2ccc(Cl)cc2)cc1.